The molecule has 1 heterocycles. The van der Waals surface area contributed by atoms with E-state index >= 15 is 0 Å². The van der Waals surface area contributed by atoms with Crippen molar-refractivity contribution in [3.8, 4) is 11.5 Å². The molecule has 0 spiro atoms. The summed E-state index contributed by atoms with van der Waals surface area (Å²) in [6, 6.07) is 18.8. The minimum absolute atomic E-state index is 0.271. The van der Waals surface area contributed by atoms with E-state index in [0.717, 1.165) is 5.69 Å². The van der Waals surface area contributed by atoms with E-state index in [4.69, 9.17) is 9.47 Å². The third-order valence-corrected chi connectivity index (χ3v) is 3.85. The van der Waals surface area contributed by atoms with Crippen LogP contribution in [0, 0.1) is 6.92 Å². The number of carbonyl (C=O) groups excluding carboxylic acids is 2. The highest BCUT2D eigenvalue weighted by Crippen LogP contribution is 2.24. The summed E-state index contributed by atoms with van der Waals surface area (Å²) < 4.78 is 10.8. The zero-order valence-corrected chi connectivity index (χ0v) is 16.1. The number of carbonyl (C=O) groups is 2. The maximum atomic E-state index is 12.8. The van der Waals surface area contributed by atoms with E-state index in [9.17, 15) is 9.59 Å². The molecule has 0 unspecified atom stereocenters. The Morgan fingerprint density at radius 2 is 1.76 bits per heavy atom. The fourth-order valence-corrected chi connectivity index (χ4v) is 2.60. The fraction of sp³-hybridized carbons (Fsp3) is 0.136. The van der Waals surface area contributed by atoms with E-state index < -0.39 is 12.0 Å². The van der Waals surface area contributed by atoms with Crippen LogP contribution in [0.5, 0.6) is 11.5 Å². The normalized spacial score (nSPS) is 10.1. The summed E-state index contributed by atoms with van der Waals surface area (Å²) in [5.74, 6) is 0.852. The second-order valence-corrected chi connectivity index (χ2v) is 6.09. The van der Waals surface area contributed by atoms with Crippen molar-refractivity contribution < 1.29 is 19.1 Å². The average molecular weight is 391 g/mol. The summed E-state index contributed by atoms with van der Waals surface area (Å²) in [6.45, 7) is 4.06. The van der Waals surface area contributed by atoms with Gasteiger partial charge in [-0.25, -0.2) is 9.78 Å². The van der Waals surface area contributed by atoms with Crippen LogP contribution >= 0.6 is 0 Å². The smallest absolute Gasteiger partial charge is 0.417 e. The molecular weight excluding hydrogens is 370 g/mol. The molecule has 0 saturated heterocycles. The number of aromatic nitrogens is 1. The highest BCUT2D eigenvalue weighted by Gasteiger charge is 2.16. The molecule has 0 radical (unpaired) electrons. The molecule has 0 bridgehead atoms. The molecule has 2 N–H and O–H groups in total. The monoisotopic (exact) mass is 391 g/mol. The molecule has 3 aromatic rings. The SMILES string of the molecule is CCOc1ccc(NC(=O)Oc2ccccc2)cc1C(=O)Nc1cccc(C)n1. The number of rotatable bonds is 6. The number of aryl methyl sites for hydroxylation is 1. The fourth-order valence-electron chi connectivity index (χ4n) is 2.60. The molecule has 0 aliphatic rings. The van der Waals surface area contributed by atoms with Gasteiger partial charge in [0.15, 0.2) is 0 Å². The van der Waals surface area contributed by atoms with Crippen molar-refractivity contribution in [2.45, 2.75) is 13.8 Å². The molecule has 2 aromatic carbocycles. The third-order valence-electron chi connectivity index (χ3n) is 3.85. The Labute approximate surface area is 168 Å². The summed E-state index contributed by atoms with van der Waals surface area (Å²) in [7, 11) is 0. The predicted molar refractivity (Wildman–Crippen MR) is 111 cm³/mol. The Kier molecular flexibility index (Phi) is 6.42. The van der Waals surface area contributed by atoms with Gasteiger partial charge in [0, 0.05) is 11.4 Å². The number of benzene rings is 2. The highest BCUT2D eigenvalue weighted by atomic mass is 16.6. The lowest BCUT2D eigenvalue weighted by molar-refractivity contribution is 0.102. The van der Waals surface area contributed by atoms with Gasteiger partial charge in [-0.05, 0) is 56.3 Å². The highest BCUT2D eigenvalue weighted by molar-refractivity contribution is 6.06. The van der Waals surface area contributed by atoms with Gasteiger partial charge in [-0.3, -0.25) is 10.1 Å². The number of amides is 2. The molecule has 7 nitrogen and oxygen atoms in total. The van der Waals surface area contributed by atoms with Crippen LogP contribution in [0.15, 0.2) is 66.7 Å². The maximum Gasteiger partial charge on any atom is 0.417 e. The molecule has 7 heteroatoms. The molecule has 0 aliphatic heterocycles. The third kappa shape index (κ3) is 5.55. The quantitative estimate of drug-likeness (QED) is 0.638. The Morgan fingerprint density at radius 1 is 0.966 bits per heavy atom. The molecule has 0 saturated carbocycles. The summed E-state index contributed by atoms with van der Waals surface area (Å²) in [5.41, 5.74) is 1.45. The first-order chi connectivity index (χ1) is 14.0. The topological polar surface area (TPSA) is 89.5 Å². The molecule has 1 aromatic heterocycles. The zero-order valence-electron chi connectivity index (χ0n) is 16.1. The van der Waals surface area contributed by atoms with Gasteiger partial charge < -0.3 is 14.8 Å². The number of nitrogens with zero attached hydrogens (tertiary/aromatic N) is 1. The first kappa shape index (κ1) is 19.9. The standard InChI is InChI=1S/C22H21N3O4/c1-3-28-19-13-12-16(24-22(27)29-17-9-5-4-6-10-17)14-18(19)21(26)25-20-11-7-8-15(2)23-20/h4-14H,3H2,1-2H3,(H,24,27)(H,23,25,26). The number of nitrogens with one attached hydrogen (secondary N) is 2. The van der Waals surface area contributed by atoms with Crippen LogP contribution < -0.4 is 20.1 Å². The van der Waals surface area contributed by atoms with E-state index in [0.29, 0.717) is 29.6 Å². The first-order valence-electron chi connectivity index (χ1n) is 9.11. The molecule has 29 heavy (non-hydrogen) atoms. The number of para-hydroxylation sites is 1. The largest absolute Gasteiger partial charge is 0.493 e. The Hall–Kier alpha value is -3.87. The van der Waals surface area contributed by atoms with Crippen molar-refractivity contribution in [2.24, 2.45) is 0 Å². The van der Waals surface area contributed by atoms with Crippen LogP contribution in [-0.4, -0.2) is 23.6 Å². The van der Waals surface area contributed by atoms with Gasteiger partial charge >= 0.3 is 6.09 Å². The van der Waals surface area contributed by atoms with E-state index in [2.05, 4.69) is 15.6 Å². The lowest BCUT2D eigenvalue weighted by atomic mass is 10.1. The van der Waals surface area contributed by atoms with Crippen molar-refractivity contribution in [2.75, 3.05) is 17.2 Å². The van der Waals surface area contributed by atoms with Crippen LogP contribution in [0.3, 0.4) is 0 Å². The summed E-state index contributed by atoms with van der Waals surface area (Å²) in [5, 5.41) is 5.36. The Balaban J connectivity index is 1.78. The second-order valence-electron chi connectivity index (χ2n) is 6.09. The van der Waals surface area contributed by atoms with E-state index in [1.807, 2.05) is 26.0 Å². The van der Waals surface area contributed by atoms with Crippen LogP contribution in [0.2, 0.25) is 0 Å². The Bertz CT molecular complexity index is 1010. The molecule has 0 aliphatic carbocycles. The molecule has 0 fully saturated rings. The lowest BCUT2D eigenvalue weighted by Gasteiger charge is -2.13. The van der Waals surface area contributed by atoms with Crippen molar-refractivity contribution in [1.82, 2.24) is 4.98 Å². The predicted octanol–water partition coefficient (Wildman–Crippen LogP) is 4.65. The van der Waals surface area contributed by atoms with E-state index in [1.54, 1.807) is 48.5 Å². The van der Waals surface area contributed by atoms with Crippen molar-refractivity contribution in [3.05, 3.63) is 78.0 Å². The first-order valence-corrected chi connectivity index (χ1v) is 9.11. The molecule has 2 amide bonds. The molecule has 3 rings (SSSR count). The number of pyridine rings is 1. The molecule has 0 atom stereocenters. The minimum atomic E-state index is -0.660. The molecule has 148 valence electrons. The number of hydrogen-bond acceptors (Lipinski definition) is 5. The van der Waals surface area contributed by atoms with E-state index in [1.165, 1.54) is 6.07 Å². The van der Waals surface area contributed by atoms with Crippen molar-refractivity contribution >= 4 is 23.5 Å². The minimum Gasteiger partial charge on any atom is -0.493 e. The maximum absolute atomic E-state index is 12.8. The van der Waals surface area contributed by atoms with Gasteiger partial charge in [0.25, 0.3) is 5.91 Å². The van der Waals surface area contributed by atoms with Crippen LogP contribution in [0.1, 0.15) is 23.0 Å². The van der Waals surface area contributed by atoms with Gasteiger partial charge in [0.2, 0.25) is 0 Å². The van der Waals surface area contributed by atoms with Gasteiger partial charge in [-0.1, -0.05) is 24.3 Å². The number of ether oxygens (including phenoxy) is 2. The van der Waals surface area contributed by atoms with Gasteiger partial charge in [-0.15, -0.1) is 0 Å². The second kappa shape index (κ2) is 9.36. The molecular formula is C22H21N3O4. The van der Waals surface area contributed by atoms with Crippen molar-refractivity contribution in [1.29, 1.82) is 0 Å². The summed E-state index contributed by atoms with van der Waals surface area (Å²) >= 11 is 0. The van der Waals surface area contributed by atoms with Crippen LogP contribution in [0.25, 0.3) is 0 Å². The average Bonchev–Trinajstić information content (AvgIpc) is 2.70. The lowest BCUT2D eigenvalue weighted by Crippen LogP contribution is -2.18. The van der Waals surface area contributed by atoms with E-state index in [-0.39, 0.29) is 5.56 Å². The van der Waals surface area contributed by atoms with Crippen molar-refractivity contribution in [3.63, 3.8) is 0 Å². The summed E-state index contributed by atoms with van der Waals surface area (Å²) in [6.07, 6.45) is -0.660. The number of anilines is 2. The Morgan fingerprint density at radius 3 is 2.48 bits per heavy atom. The van der Waals surface area contributed by atoms with Gasteiger partial charge in [0.05, 0.1) is 12.2 Å². The number of hydrogen-bond donors (Lipinski definition) is 2. The zero-order chi connectivity index (χ0) is 20.6. The van der Waals surface area contributed by atoms with Crippen LogP contribution in [-0.2, 0) is 0 Å². The van der Waals surface area contributed by atoms with Gasteiger partial charge in [0.1, 0.15) is 17.3 Å². The summed E-state index contributed by atoms with van der Waals surface area (Å²) in [4.78, 5) is 29.2. The van der Waals surface area contributed by atoms with Crippen LogP contribution in [0.4, 0.5) is 16.3 Å². The van der Waals surface area contributed by atoms with Gasteiger partial charge in [-0.2, -0.15) is 0 Å².